The van der Waals surface area contributed by atoms with E-state index in [1.807, 2.05) is 31.9 Å². The molecular weight excluding hydrogens is 795 g/mol. The molecule has 5 aromatic rings. The second kappa shape index (κ2) is 16.1. The van der Waals surface area contributed by atoms with E-state index in [4.69, 9.17) is 14.7 Å². The highest BCUT2D eigenvalue weighted by Gasteiger charge is 2.35. The molecule has 4 aliphatic heterocycles. The molecule has 0 unspecified atom stereocenters. The fraction of sp³-hybridized carbons (Fsp3) is 0.478. The Bertz CT molecular complexity index is 2580. The van der Waals surface area contributed by atoms with Crippen molar-refractivity contribution in [1.82, 2.24) is 34.5 Å². The van der Waals surface area contributed by atoms with Crippen molar-refractivity contribution in [1.29, 1.82) is 0 Å². The second-order valence-electron chi connectivity index (χ2n) is 18.0. The molecule has 4 bridgehead atoms. The molecule has 1 aliphatic carbocycles. The number of nitrogens with one attached hydrogen (secondary N) is 2. The number of imide groups is 1. The van der Waals surface area contributed by atoms with Crippen LogP contribution in [0, 0.1) is 43.2 Å². The van der Waals surface area contributed by atoms with Crippen LogP contribution in [0.1, 0.15) is 71.8 Å². The maximum Gasteiger partial charge on any atom is 0.258 e. The number of carbonyl (C=O) groups excluding carboxylic acids is 3. The number of piperidine rings is 1. The molecule has 14 nitrogen and oxygen atoms in total. The van der Waals surface area contributed by atoms with E-state index in [1.165, 1.54) is 12.1 Å². The number of piperazine rings is 1. The number of benzene rings is 2. The lowest BCUT2D eigenvalue weighted by atomic mass is 9.89. The lowest BCUT2D eigenvalue weighted by Crippen LogP contribution is -2.48. The molecule has 0 spiro atoms. The number of anilines is 3. The highest BCUT2D eigenvalue weighted by Crippen LogP contribution is 2.39. The van der Waals surface area contributed by atoms with Crippen molar-refractivity contribution in [2.24, 2.45) is 24.8 Å². The van der Waals surface area contributed by atoms with E-state index >= 15 is 8.78 Å². The highest BCUT2D eigenvalue weighted by molar-refractivity contribution is 6.05. The van der Waals surface area contributed by atoms with Crippen molar-refractivity contribution < 1.29 is 27.9 Å². The maximum absolute atomic E-state index is 15.3. The first-order chi connectivity index (χ1) is 29.9. The Hall–Kier alpha value is -5.90. The third-order valence-electron chi connectivity index (χ3n) is 13.7. The zero-order valence-electron chi connectivity index (χ0n) is 35.4. The van der Waals surface area contributed by atoms with Crippen molar-refractivity contribution in [2.45, 2.75) is 64.8 Å². The molecule has 3 saturated heterocycles. The second-order valence-corrected chi connectivity index (χ2v) is 18.0. The fourth-order valence-electron chi connectivity index (χ4n) is 10.6. The molecule has 0 radical (unpaired) electrons. The first-order valence-corrected chi connectivity index (χ1v) is 22.0. The van der Waals surface area contributed by atoms with Gasteiger partial charge in [0.05, 0.1) is 40.5 Å². The quantitative estimate of drug-likeness (QED) is 0.204. The number of hydrogen-bond acceptors (Lipinski definition) is 10. The highest BCUT2D eigenvalue weighted by atomic mass is 19.1. The van der Waals surface area contributed by atoms with Crippen LogP contribution in [0.4, 0.5) is 26.1 Å². The molecule has 4 atom stereocenters. The maximum atomic E-state index is 15.3. The predicted octanol–water partition coefficient (Wildman–Crippen LogP) is 5.96. The van der Waals surface area contributed by atoms with Gasteiger partial charge >= 0.3 is 0 Å². The van der Waals surface area contributed by atoms with Gasteiger partial charge in [0.1, 0.15) is 11.6 Å². The van der Waals surface area contributed by atoms with E-state index in [0.717, 1.165) is 98.6 Å². The summed E-state index contributed by atoms with van der Waals surface area (Å²) >= 11 is 0. The Kier molecular flexibility index (Phi) is 10.4. The Morgan fingerprint density at radius 1 is 0.823 bits per heavy atom. The number of aryl methyl sites for hydroxylation is 3. The lowest BCUT2D eigenvalue weighted by Gasteiger charge is -2.37. The van der Waals surface area contributed by atoms with E-state index in [1.54, 1.807) is 10.7 Å². The van der Waals surface area contributed by atoms with Gasteiger partial charge < -0.3 is 19.1 Å². The summed E-state index contributed by atoms with van der Waals surface area (Å²) in [5.74, 6) is -1.48. The molecule has 1 saturated carbocycles. The Balaban J connectivity index is 0.825. The van der Waals surface area contributed by atoms with Crippen molar-refractivity contribution in [2.75, 3.05) is 67.5 Å². The van der Waals surface area contributed by atoms with E-state index < -0.39 is 29.4 Å². The first-order valence-electron chi connectivity index (χ1n) is 22.0. The van der Waals surface area contributed by atoms with Crippen LogP contribution in [-0.2, 0) is 23.2 Å². The number of ether oxygens (including phenoxy) is 1. The normalized spacial score (nSPS) is 23.4. The fourth-order valence-corrected chi connectivity index (χ4v) is 10.6. The molecule has 2 N–H and O–H groups in total. The van der Waals surface area contributed by atoms with Gasteiger partial charge in [0.25, 0.3) is 5.91 Å². The van der Waals surface area contributed by atoms with Crippen molar-refractivity contribution in [3.8, 4) is 17.1 Å². The van der Waals surface area contributed by atoms with Gasteiger partial charge in [-0.05, 0) is 106 Å². The van der Waals surface area contributed by atoms with Gasteiger partial charge in [0.2, 0.25) is 23.6 Å². The molecule has 3 amide bonds. The SMILES string of the molecule is Cc1cc2cc(n1)-c1c(C)nn(C)c1OC[C@H]1CC[C@H](C1)Cn1c(nc3ccc(N4CCN(C[C@@H]5CCN(c6cc(F)c([C@H]7CCC(=O)NC7=O)c(F)c6)C5)CC4)cc31)NC2=O. The number of amides is 3. The third-order valence-corrected chi connectivity index (χ3v) is 13.7. The number of carbonyl (C=O) groups is 3. The number of fused-ring (bicyclic) bond motifs is 9. The van der Waals surface area contributed by atoms with E-state index in [9.17, 15) is 14.4 Å². The number of nitrogens with zero attached hydrogens (tertiary/aromatic N) is 8. The number of aromatic nitrogens is 5. The van der Waals surface area contributed by atoms with Crippen molar-refractivity contribution in [3.63, 3.8) is 0 Å². The summed E-state index contributed by atoms with van der Waals surface area (Å²) in [7, 11) is 1.88. The number of pyridine rings is 1. The van der Waals surface area contributed by atoms with E-state index in [2.05, 4.69) is 48.3 Å². The number of imidazole rings is 1. The number of halogens is 2. The minimum absolute atomic E-state index is 0.0585. The first kappa shape index (κ1) is 40.2. The number of hydrogen-bond donors (Lipinski definition) is 2. The van der Waals surface area contributed by atoms with Crippen LogP contribution in [0.2, 0.25) is 0 Å². The van der Waals surface area contributed by atoms with Crippen LogP contribution in [0.25, 0.3) is 22.3 Å². The molecule has 2 aromatic carbocycles. The van der Waals surface area contributed by atoms with Crippen LogP contribution in [0.3, 0.4) is 0 Å². The van der Waals surface area contributed by atoms with Gasteiger partial charge in [-0.2, -0.15) is 5.10 Å². The topological polar surface area (TPSA) is 143 Å². The average Bonchev–Trinajstić information content (AvgIpc) is 4.03. The van der Waals surface area contributed by atoms with Gasteiger partial charge in [0.15, 0.2) is 0 Å². The molecule has 324 valence electrons. The van der Waals surface area contributed by atoms with E-state index in [-0.39, 0.29) is 24.3 Å². The molecular formula is C46H52F2N10O4. The van der Waals surface area contributed by atoms with E-state index in [0.29, 0.717) is 66.2 Å². The van der Waals surface area contributed by atoms with Gasteiger partial charge in [-0.15, -0.1) is 0 Å². The van der Waals surface area contributed by atoms with Crippen LogP contribution in [-0.4, -0.2) is 99.4 Å². The molecule has 16 heteroatoms. The molecule has 62 heavy (non-hydrogen) atoms. The lowest BCUT2D eigenvalue weighted by molar-refractivity contribution is -0.134. The Morgan fingerprint density at radius 2 is 1.61 bits per heavy atom. The minimum Gasteiger partial charge on any atom is -0.477 e. The predicted molar refractivity (Wildman–Crippen MR) is 230 cm³/mol. The molecule has 5 aliphatic rings. The largest absolute Gasteiger partial charge is 0.477 e. The summed E-state index contributed by atoms with van der Waals surface area (Å²) in [6.45, 7) is 10.9. The van der Waals surface area contributed by atoms with Gasteiger partial charge in [-0.1, -0.05) is 0 Å². The Labute approximate surface area is 358 Å². The summed E-state index contributed by atoms with van der Waals surface area (Å²) in [5.41, 5.74) is 6.63. The summed E-state index contributed by atoms with van der Waals surface area (Å²) in [6.07, 6.45) is 4.20. The summed E-state index contributed by atoms with van der Waals surface area (Å²) < 4.78 is 41.1. The number of rotatable bonds is 5. The molecule has 3 aromatic heterocycles. The van der Waals surface area contributed by atoms with Gasteiger partial charge in [-0.25, -0.2) is 18.4 Å². The zero-order valence-corrected chi connectivity index (χ0v) is 35.4. The molecule has 4 fully saturated rings. The molecule has 10 rings (SSSR count). The van der Waals surface area contributed by atoms with Gasteiger partial charge in [-0.3, -0.25) is 34.9 Å². The average molecular weight is 847 g/mol. The summed E-state index contributed by atoms with van der Waals surface area (Å²) in [6, 6.07) is 12.7. The smallest absolute Gasteiger partial charge is 0.258 e. The van der Waals surface area contributed by atoms with Gasteiger partial charge in [0, 0.05) is 94.0 Å². The van der Waals surface area contributed by atoms with Crippen LogP contribution >= 0.6 is 0 Å². The zero-order chi connectivity index (χ0) is 42.8. The van der Waals surface area contributed by atoms with Crippen LogP contribution in [0.15, 0.2) is 42.5 Å². The summed E-state index contributed by atoms with van der Waals surface area (Å²) in [4.78, 5) is 54.7. The van der Waals surface area contributed by atoms with Crippen molar-refractivity contribution in [3.05, 3.63) is 76.6 Å². The third kappa shape index (κ3) is 7.66. The Morgan fingerprint density at radius 3 is 2.40 bits per heavy atom. The molecule has 7 heterocycles. The van der Waals surface area contributed by atoms with Crippen molar-refractivity contribution >= 4 is 46.1 Å². The minimum atomic E-state index is -1.01. The standard InChI is InChI=1S/C46H52F2N10O4/c1-26-16-31-18-38(49-26)41-27(2)53-54(3)45(41)62-25-29-5-4-28(17-29)24-58-39-21-32(6-8-37(39)50-46(58)52-43(31)60)56-14-12-55(13-15-56)22-30-10-11-57(23-30)33-19-35(47)42(36(48)20-33)34-7-9-40(59)51-44(34)61/h6,8,16,18-21,28-30,34H,4-5,7,9-15,17,22-25H2,1-3H3,(H,50,52,60)(H,51,59,61)/t28-,29+,30+,34-/m1/s1. The van der Waals surface area contributed by atoms with Crippen LogP contribution < -0.4 is 25.2 Å². The van der Waals surface area contributed by atoms with Crippen LogP contribution in [0.5, 0.6) is 5.88 Å². The monoisotopic (exact) mass is 846 g/mol. The summed E-state index contributed by atoms with van der Waals surface area (Å²) in [5, 5.41) is 10.0.